The summed E-state index contributed by atoms with van der Waals surface area (Å²) in [6, 6.07) is 5.42. The van der Waals surface area contributed by atoms with E-state index < -0.39 is 0 Å². The van der Waals surface area contributed by atoms with Gasteiger partial charge in [-0.25, -0.2) is 9.97 Å². The first kappa shape index (κ1) is 13.5. The van der Waals surface area contributed by atoms with E-state index >= 15 is 0 Å². The number of fused-ring (bicyclic) bond motifs is 1. The first-order valence-corrected chi connectivity index (χ1v) is 7.38. The lowest BCUT2D eigenvalue weighted by molar-refractivity contribution is 0.964. The minimum absolute atomic E-state index is 0.232. The Hall–Kier alpha value is -1.50. The minimum Gasteiger partial charge on any atom is -0.339 e. The van der Waals surface area contributed by atoms with Gasteiger partial charge in [-0.1, -0.05) is 41.0 Å². The molecule has 8 heteroatoms. The van der Waals surface area contributed by atoms with Crippen LogP contribution in [0, 0.1) is 0 Å². The molecule has 0 saturated heterocycles. The van der Waals surface area contributed by atoms with Crippen LogP contribution in [0.1, 0.15) is 5.56 Å². The molecule has 0 bridgehead atoms. The van der Waals surface area contributed by atoms with E-state index in [1.54, 1.807) is 12.1 Å². The van der Waals surface area contributed by atoms with Gasteiger partial charge in [0.25, 0.3) is 5.56 Å². The van der Waals surface area contributed by atoms with Crippen LogP contribution in [0.3, 0.4) is 0 Å². The van der Waals surface area contributed by atoms with E-state index in [9.17, 15) is 4.79 Å². The van der Waals surface area contributed by atoms with Gasteiger partial charge in [0.1, 0.15) is 0 Å². The monoisotopic (exact) mass is 326 g/mol. The van der Waals surface area contributed by atoms with Gasteiger partial charge in [0.15, 0.2) is 16.3 Å². The fourth-order valence-electron chi connectivity index (χ4n) is 1.67. The molecule has 2 N–H and O–H groups in total. The SMILES string of the molecule is O=c1[nH]c(SCc2ccc(Cl)c(Cl)c2)nc2nc[nH]c12. The van der Waals surface area contributed by atoms with Crippen LogP contribution in [0.5, 0.6) is 0 Å². The van der Waals surface area contributed by atoms with Crippen LogP contribution in [-0.4, -0.2) is 19.9 Å². The number of nitrogens with zero attached hydrogens (tertiary/aromatic N) is 2. The number of hydrogen-bond donors (Lipinski definition) is 2. The van der Waals surface area contributed by atoms with Crippen molar-refractivity contribution in [3.05, 3.63) is 50.5 Å². The van der Waals surface area contributed by atoms with E-state index in [1.807, 2.05) is 6.07 Å². The zero-order valence-electron chi connectivity index (χ0n) is 9.98. The fourth-order valence-corrected chi connectivity index (χ4v) is 2.79. The van der Waals surface area contributed by atoms with Crippen LogP contribution in [0.4, 0.5) is 0 Å². The lowest BCUT2D eigenvalue weighted by atomic mass is 10.2. The smallest absolute Gasteiger partial charge is 0.277 e. The third kappa shape index (κ3) is 2.67. The van der Waals surface area contributed by atoms with Gasteiger partial charge in [0.05, 0.1) is 16.4 Å². The van der Waals surface area contributed by atoms with Crippen molar-refractivity contribution in [3.63, 3.8) is 0 Å². The van der Waals surface area contributed by atoms with Crippen LogP contribution in [0.25, 0.3) is 11.2 Å². The lowest BCUT2D eigenvalue weighted by Gasteiger charge is -2.03. The molecule has 102 valence electrons. The number of H-pyrrole nitrogens is 2. The van der Waals surface area contributed by atoms with E-state index in [-0.39, 0.29) is 5.56 Å². The summed E-state index contributed by atoms with van der Waals surface area (Å²) in [5, 5.41) is 1.54. The van der Waals surface area contributed by atoms with Crippen molar-refractivity contribution in [2.24, 2.45) is 0 Å². The van der Waals surface area contributed by atoms with Crippen LogP contribution >= 0.6 is 35.0 Å². The van der Waals surface area contributed by atoms with Crippen molar-refractivity contribution < 1.29 is 0 Å². The van der Waals surface area contributed by atoms with Crippen LogP contribution in [0.2, 0.25) is 10.0 Å². The molecule has 0 atom stereocenters. The van der Waals surface area contributed by atoms with Gasteiger partial charge < -0.3 is 4.98 Å². The van der Waals surface area contributed by atoms with E-state index in [0.717, 1.165) is 5.56 Å². The molecule has 0 aliphatic heterocycles. The summed E-state index contributed by atoms with van der Waals surface area (Å²) in [6.07, 6.45) is 1.44. The summed E-state index contributed by atoms with van der Waals surface area (Å²) in [5.41, 5.74) is 1.55. The Morgan fingerprint density at radius 1 is 1.25 bits per heavy atom. The van der Waals surface area contributed by atoms with Crippen LogP contribution < -0.4 is 5.56 Å². The Morgan fingerprint density at radius 3 is 2.90 bits per heavy atom. The van der Waals surface area contributed by atoms with E-state index in [0.29, 0.717) is 32.1 Å². The fraction of sp³-hybridized carbons (Fsp3) is 0.0833. The second kappa shape index (κ2) is 5.47. The Labute approximate surface area is 127 Å². The van der Waals surface area contributed by atoms with Crippen LogP contribution in [-0.2, 0) is 5.75 Å². The molecule has 20 heavy (non-hydrogen) atoms. The second-order valence-electron chi connectivity index (χ2n) is 4.01. The predicted octanol–water partition coefficient (Wildman–Crippen LogP) is 3.25. The maximum Gasteiger partial charge on any atom is 0.277 e. The standard InChI is InChI=1S/C12H8Cl2N4OS/c13-7-2-1-6(3-8(7)14)4-20-12-17-10-9(11(19)18-12)15-5-16-10/h1-3,5H,4H2,(H2,15,16,17,18,19). The molecule has 5 nitrogen and oxygen atoms in total. The quantitative estimate of drug-likeness (QED) is 0.572. The van der Waals surface area contributed by atoms with Crippen molar-refractivity contribution >= 4 is 46.1 Å². The largest absolute Gasteiger partial charge is 0.339 e. The van der Waals surface area contributed by atoms with E-state index in [1.165, 1.54) is 18.1 Å². The molecule has 2 aromatic heterocycles. The third-order valence-electron chi connectivity index (χ3n) is 2.63. The molecule has 0 unspecified atom stereocenters. The molecule has 0 amide bonds. The molecule has 0 spiro atoms. The van der Waals surface area contributed by atoms with Gasteiger partial charge in [-0.15, -0.1) is 0 Å². The number of nitrogens with one attached hydrogen (secondary N) is 2. The molecule has 0 aliphatic rings. The average molecular weight is 327 g/mol. The maximum atomic E-state index is 11.8. The maximum absolute atomic E-state index is 11.8. The van der Waals surface area contributed by atoms with Gasteiger partial charge in [0.2, 0.25) is 0 Å². The molecule has 0 radical (unpaired) electrons. The number of imidazole rings is 1. The Morgan fingerprint density at radius 2 is 2.10 bits per heavy atom. The van der Waals surface area contributed by atoms with Crippen molar-refractivity contribution in [3.8, 4) is 0 Å². The van der Waals surface area contributed by atoms with Gasteiger partial charge in [-0.2, -0.15) is 0 Å². The predicted molar refractivity (Wildman–Crippen MR) is 80.5 cm³/mol. The summed E-state index contributed by atoms with van der Waals surface area (Å²) in [4.78, 5) is 25.4. The Bertz CT molecular complexity index is 830. The van der Waals surface area contributed by atoms with Gasteiger partial charge >= 0.3 is 0 Å². The summed E-state index contributed by atoms with van der Waals surface area (Å²) in [5.74, 6) is 0.621. The van der Waals surface area contributed by atoms with Crippen LogP contribution in [0.15, 0.2) is 34.5 Å². The topological polar surface area (TPSA) is 74.4 Å². The minimum atomic E-state index is -0.232. The molecule has 1 aromatic carbocycles. The average Bonchev–Trinajstić information content (AvgIpc) is 2.89. The first-order valence-electron chi connectivity index (χ1n) is 5.63. The second-order valence-corrected chi connectivity index (χ2v) is 5.79. The van der Waals surface area contributed by atoms with Crippen molar-refractivity contribution in [2.45, 2.75) is 10.9 Å². The van der Waals surface area contributed by atoms with Crippen molar-refractivity contribution in [2.75, 3.05) is 0 Å². The van der Waals surface area contributed by atoms with E-state index in [4.69, 9.17) is 23.2 Å². The van der Waals surface area contributed by atoms with Crippen molar-refractivity contribution in [1.82, 2.24) is 19.9 Å². The molecule has 2 heterocycles. The Kier molecular flexibility index (Phi) is 3.69. The molecule has 3 rings (SSSR count). The highest BCUT2D eigenvalue weighted by atomic mass is 35.5. The number of hydrogen-bond acceptors (Lipinski definition) is 4. The number of benzene rings is 1. The Balaban J connectivity index is 1.82. The third-order valence-corrected chi connectivity index (χ3v) is 4.32. The summed E-state index contributed by atoms with van der Waals surface area (Å²) in [6.45, 7) is 0. The van der Waals surface area contributed by atoms with Crippen molar-refractivity contribution in [1.29, 1.82) is 0 Å². The summed E-state index contributed by atoms with van der Waals surface area (Å²) in [7, 11) is 0. The first-order chi connectivity index (χ1) is 9.63. The highest BCUT2D eigenvalue weighted by Gasteiger charge is 2.07. The zero-order valence-corrected chi connectivity index (χ0v) is 12.3. The molecule has 0 aliphatic carbocycles. The highest BCUT2D eigenvalue weighted by molar-refractivity contribution is 7.98. The number of halogens is 2. The lowest BCUT2D eigenvalue weighted by Crippen LogP contribution is -2.09. The van der Waals surface area contributed by atoms with Gasteiger partial charge in [0, 0.05) is 5.75 Å². The summed E-state index contributed by atoms with van der Waals surface area (Å²) >= 11 is 13.2. The molecule has 0 saturated carbocycles. The number of thioether (sulfide) groups is 1. The van der Waals surface area contributed by atoms with Gasteiger partial charge in [-0.05, 0) is 17.7 Å². The van der Waals surface area contributed by atoms with E-state index in [2.05, 4.69) is 19.9 Å². The molecular formula is C12H8Cl2N4OS. The highest BCUT2D eigenvalue weighted by Crippen LogP contribution is 2.26. The zero-order chi connectivity index (χ0) is 14.1. The molecular weight excluding hydrogens is 319 g/mol. The normalized spacial score (nSPS) is 11.1. The molecule has 0 fully saturated rings. The number of aromatic nitrogens is 4. The van der Waals surface area contributed by atoms with Gasteiger partial charge in [-0.3, -0.25) is 9.78 Å². The number of rotatable bonds is 3. The number of aromatic amines is 2. The molecule has 3 aromatic rings. The summed E-state index contributed by atoms with van der Waals surface area (Å²) < 4.78 is 0.